The van der Waals surface area contributed by atoms with Gasteiger partial charge in [-0.3, -0.25) is 9.97 Å². The van der Waals surface area contributed by atoms with E-state index in [4.69, 9.17) is 11.6 Å². The van der Waals surface area contributed by atoms with Gasteiger partial charge in [0.15, 0.2) is 0 Å². The van der Waals surface area contributed by atoms with Gasteiger partial charge in [-0.15, -0.1) is 0 Å². The van der Waals surface area contributed by atoms with E-state index < -0.39 is 0 Å². The van der Waals surface area contributed by atoms with E-state index in [1.54, 1.807) is 6.20 Å². The lowest BCUT2D eigenvalue weighted by Crippen LogP contribution is -1.99. The Morgan fingerprint density at radius 2 is 2.12 bits per heavy atom. The lowest BCUT2D eigenvalue weighted by Gasteiger charge is -2.04. The van der Waals surface area contributed by atoms with E-state index in [-0.39, 0.29) is 0 Å². The molecule has 17 heavy (non-hydrogen) atoms. The summed E-state index contributed by atoms with van der Waals surface area (Å²) in [6.07, 6.45) is 7.99. The Morgan fingerprint density at radius 1 is 1.29 bits per heavy atom. The van der Waals surface area contributed by atoms with Crippen molar-refractivity contribution in [2.24, 2.45) is 0 Å². The quantitative estimate of drug-likeness (QED) is 0.837. The molecule has 0 amide bonds. The van der Waals surface area contributed by atoms with Gasteiger partial charge < -0.3 is 0 Å². The van der Waals surface area contributed by atoms with Gasteiger partial charge in [-0.25, -0.2) is 9.97 Å². The zero-order valence-electron chi connectivity index (χ0n) is 9.74. The van der Waals surface area contributed by atoms with Crippen molar-refractivity contribution >= 4 is 11.6 Å². The van der Waals surface area contributed by atoms with Crippen LogP contribution in [0.4, 0.5) is 0 Å². The molecule has 0 aliphatic heterocycles. The Bertz CT molecular complexity index is 528. The zero-order valence-corrected chi connectivity index (χ0v) is 10.5. The Kier molecular flexibility index (Phi) is 3.64. The Morgan fingerprint density at radius 3 is 2.88 bits per heavy atom. The number of hydrogen-bond acceptors (Lipinski definition) is 4. The van der Waals surface area contributed by atoms with Crippen LogP contribution in [0.1, 0.15) is 24.7 Å². The minimum Gasteiger partial charge on any atom is -0.256 e. The summed E-state index contributed by atoms with van der Waals surface area (Å²) < 4.78 is 0. The number of hydrogen-bond donors (Lipinski definition) is 0. The fourth-order valence-electron chi connectivity index (χ4n) is 1.50. The first-order valence-corrected chi connectivity index (χ1v) is 5.81. The van der Waals surface area contributed by atoms with Crippen molar-refractivity contribution in [2.45, 2.75) is 26.7 Å². The maximum Gasteiger partial charge on any atom is 0.148 e. The largest absolute Gasteiger partial charge is 0.256 e. The molecule has 0 aliphatic rings. The average molecular weight is 248 g/mol. The van der Waals surface area contributed by atoms with Crippen LogP contribution in [0, 0.1) is 13.1 Å². The van der Waals surface area contributed by atoms with Gasteiger partial charge in [0.1, 0.15) is 22.7 Å². The van der Waals surface area contributed by atoms with E-state index in [0.717, 1.165) is 24.2 Å². The van der Waals surface area contributed by atoms with Crippen LogP contribution in [0.15, 0.2) is 12.4 Å². The van der Waals surface area contributed by atoms with Gasteiger partial charge in [0.05, 0.1) is 17.6 Å². The fourth-order valence-corrected chi connectivity index (χ4v) is 1.63. The highest BCUT2D eigenvalue weighted by Crippen LogP contribution is 2.18. The lowest BCUT2D eigenvalue weighted by atomic mass is 10.2. The number of aromatic nitrogens is 4. The second kappa shape index (κ2) is 5.19. The maximum absolute atomic E-state index is 5.83. The van der Waals surface area contributed by atoms with E-state index in [2.05, 4.69) is 33.1 Å². The molecule has 0 saturated heterocycles. The molecule has 0 aromatic carbocycles. The fraction of sp³-hybridized carbons (Fsp3) is 0.333. The molecule has 4 nitrogen and oxygen atoms in total. The zero-order chi connectivity index (χ0) is 12.3. The molecule has 5 heteroatoms. The van der Waals surface area contributed by atoms with Crippen LogP contribution in [0.5, 0.6) is 0 Å². The summed E-state index contributed by atoms with van der Waals surface area (Å²) in [7, 11) is 0. The van der Waals surface area contributed by atoms with Crippen LogP contribution < -0.4 is 0 Å². The first-order valence-electron chi connectivity index (χ1n) is 5.44. The third-order valence-electron chi connectivity index (χ3n) is 2.30. The van der Waals surface area contributed by atoms with Gasteiger partial charge in [-0.2, -0.15) is 0 Å². The van der Waals surface area contributed by atoms with Crippen molar-refractivity contribution < 1.29 is 0 Å². The van der Waals surface area contributed by atoms with Crippen molar-refractivity contribution in [3.05, 3.63) is 35.1 Å². The Hall–Kier alpha value is -1.55. The van der Waals surface area contributed by atoms with Gasteiger partial charge in [-0.05, 0) is 13.3 Å². The highest BCUT2D eigenvalue weighted by Gasteiger charge is 2.09. The van der Waals surface area contributed by atoms with Crippen molar-refractivity contribution in [2.75, 3.05) is 0 Å². The van der Waals surface area contributed by atoms with Crippen LogP contribution in [0.2, 0.25) is 5.15 Å². The minimum atomic E-state index is 0.349. The summed E-state index contributed by atoms with van der Waals surface area (Å²) in [6.45, 7) is 3.96. The molecule has 0 unspecified atom stereocenters. The molecule has 0 spiro atoms. The molecule has 2 rings (SSSR count). The molecule has 0 saturated carbocycles. The first-order chi connectivity index (χ1) is 8.20. The number of aryl methyl sites for hydroxylation is 2. The van der Waals surface area contributed by atoms with Gasteiger partial charge in [0, 0.05) is 6.20 Å². The third kappa shape index (κ3) is 2.77. The Labute approximate surface area is 105 Å². The first kappa shape index (κ1) is 11.9. The molecule has 1 radical (unpaired) electrons. The molecule has 0 fully saturated rings. The highest BCUT2D eigenvalue weighted by molar-refractivity contribution is 6.29. The molecule has 0 N–H and O–H groups in total. The lowest BCUT2D eigenvalue weighted by molar-refractivity contribution is 0.869. The summed E-state index contributed by atoms with van der Waals surface area (Å²) in [6, 6.07) is 0. The molecule has 0 atom stereocenters. The van der Waals surface area contributed by atoms with Gasteiger partial charge >= 0.3 is 0 Å². The van der Waals surface area contributed by atoms with E-state index in [1.807, 2.05) is 6.92 Å². The molecular weight excluding hydrogens is 236 g/mol. The number of rotatable bonds is 3. The summed E-state index contributed by atoms with van der Waals surface area (Å²) in [5, 5.41) is 0.349. The summed E-state index contributed by atoms with van der Waals surface area (Å²) in [4.78, 5) is 16.9. The minimum absolute atomic E-state index is 0.349. The SMILES string of the molecule is CCCc1cn[c]c(-c2nc(Cl)cnc2C)n1. The van der Waals surface area contributed by atoms with E-state index >= 15 is 0 Å². The standard InChI is InChI=1S/C12H12ClN4/c1-3-4-9-5-14-6-10(16-9)12-8(2)15-7-11(13)17-12/h5,7H,3-4H2,1-2H3. The van der Waals surface area contributed by atoms with Crippen molar-refractivity contribution in [3.8, 4) is 11.4 Å². The molecule has 2 heterocycles. The highest BCUT2D eigenvalue weighted by atomic mass is 35.5. The van der Waals surface area contributed by atoms with E-state index in [1.165, 1.54) is 6.20 Å². The number of nitrogens with zero attached hydrogens (tertiary/aromatic N) is 4. The second-order valence-corrected chi connectivity index (χ2v) is 4.09. The molecule has 2 aromatic rings. The van der Waals surface area contributed by atoms with Crippen molar-refractivity contribution in [1.29, 1.82) is 0 Å². The van der Waals surface area contributed by atoms with Crippen LogP contribution in [-0.2, 0) is 6.42 Å². The predicted molar refractivity (Wildman–Crippen MR) is 65.6 cm³/mol. The van der Waals surface area contributed by atoms with Crippen LogP contribution in [-0.4, -0.2) is 19.9 Å². The molecule has 87 valence electrons. The Balaban J connectivity index is 2.45. The average Bonchev–Trinajstić information content (AvgIpc) is 2.33. The summed E-state index contributed by atoms with van der Waals surface area (Å²) in [5.41, 5.74) is 2.95. The maximum atomic E-state index is 5.83. The van der Waals surface area contributed by atoms with Crippen molar-refractivity contribution in [3.63, 3.8) is 0 Å². The van der Waals surface area contributed by atoms with E-state index in [0.29, 0.717) is 16.5 Å². The molecule has 0 bridgehead atoms. The summed E-state index contributed by atoms with van der Waals surface area (Å²) >= 11 is 5.83. The van der Waals surface area contributed by atoms with Crippen LogP contribution in [0.25, 0.3) is 11.4 Å². The summed E-state index contributed by atoms with van der Waals surface area (Å²) in [5.74, 6) is 0. The number of halogens is 1. The molecule has 2 aromatic heterocycles. The van der Waals surface area contributed by atoms with Gasteiger partial charge in [-0.1, -0.05) is 24.9 Å². The monoisotopic (exact) mass is 247 g/mol. The molecule has 0 aliphatic carbocycles. The topological polar surface area (TPSA) is 51.6 Å². The predicted octanol–water partition coefficient (Wildman–Crippen LogP) is 2.65. The van der Waals surface area contributed by atoms with Gasteiger partial charge in [0.25, 0.3) is 0 Å². The third-order valence-corrected chi connectivity index (χ3v) is 2.48. The van der Waals surface area contributed by atoms with Crippen LogP contribution >= 0.6 is 11.6 Å². The van der Waals surface area contributed by atoms with Crippen LogP contribution in [0.3, 0.4) is 0 Å². The van der Waals surface area contributed by atoms with E-state index in [9.17, 15) is 0 Å². The second-order valence-electron chi connectivity index (χ2n) is 3.70. The molecular formula is C12H12ClN4. The smallest absolute Gasteiger partial charge is 0.148 e. The van der Waals surface area contributed by atoms with Gasteiger partial charge in [0.2, 0.25) is 0 Å². The van der Waals surface area contributed by atoms with Crippen molar-refractivity contribution in [1.82, 2.24) is 19.9 Å². The normalized spacial score (nSPS) is 10.5.